The third kappa shape index (κ3) is 2.34. The van der Waals surface area contributed by atoms with Crippen molar-refractivity contribution in [2.45, 2.75) is 18.9 Å². The molecule has 1 aliphatic carbocycles. The first kappa shape index (κ1) is 9.69. The quantitative estimate of drug-likeness (QED) is 0.773. The van der Waals surface area contributed by atoms with Crippen molar-refractivity contribution in [1.82, 2.24) is 0 Å². The predicted octanol–water partition coefficient (Wildman–Crippen LogP) is 2.11. The van der Waals surface area contributed by atoms with E-state index in [1.165, 1.54) is 18.4 Å². The zero-order chi connectivity index (χ0) is 9.80. The van der Waals surface area contributed by atoms with Crippen LogP contribution in [0, 0.1) is 5.92 Å². The van der Waals surface area contributed by atoms with E-state index >= 15 is 0 Å². The van der Waals surface area contributed by atoms with Gasteiger partial charge in [0.25, 0.3) is 0 Å². The van der Waals surface area contributed by atoms with Crippen molar-refractivity contribution in [2.24, 2.45) is 11.7 Å². The lowest BCUT2D eigenvalue weighted by Crippen LogP contribution is -2.14. The van der Waals surface area contributed by atoms with Crippen LogP contribution in [0.15, 0.2) is 30.3 Å². The van der Waals surface area contributed by atoms with Crippen LogP contribution in [0.25, 0.3) is 0 Å². The average molecular weight is 191 g/mol. The molecular weight excluding hydrogens is 174 g/mol. The molecule has 0 saturated heterocycles. The van der Waals surface area contributed by atoms with Crippen LogP contribution in [0.5, 0.6) is 0 Å². The number of ether oxygens (including phenoxy) is 1. The van der Waals surface area contributed by atoms with E-state index in [4.69, 9.17) is 10.5 Å². The highest BCUT2D eigenvalue weighted by Crippen LogP contribution is 2.43. The summed E-state index contributed by atoms with van der Waals surface area (Å²) in [4.78, 5) is 0. The summed E-state index contributed by atoms with van der Waals surface area (Å²) in [5.74, 6) is 0.726. The first-order chi connectivity index (χ1) is 6.92. The first-order valence-electron chi connectivity index (χ1n) is 5.28. The number of hydrogen-bond donors (Lipinski definition) is 1. The van der Waals surface area contributed by atoms with Gasteiger partial charge in [-0.2, -0.15) is 0 Å². The minimum atomic E-state index is 0.278. The number of benzene rings is 1. The van der Waals surface area contributed by atoms with Gasteiger partial charge in [-0.15, -0.1) is 0 Å². The van der Waals surface area contributed by atoms with Crippen molar-refractivity contribution in [3.8, 4) is 0 Å². The van der Waals surface area contributed by atoms with Crippen LogP contribution < -0.4 is 5.73 Å². The standard InChI is InChI=1S/C12H17NO/c13-8-9-14-12(11-6-7-11)10-4-2-1-3-5-10/h1-5,11-12H,6-9,13H2/t12-/m0/s1. The smallest absolute Gasteiger partial charge is 0.0853 e. The summed E-state index contributed by atoms with van der Waals surface area (Å²) in [6, 6.07) is 10.4. The molecule has 2 nitrogen and oxygen atoms in total. The molecule has 0 aliphatic heterocycles. The highest BCUT2D eigenvalue weighted by atomic mass is 16.5. The Bertz CT molecular complexity index is 269. The van der Waals surface area contributed by atoms with Crippen LogP contribution in [-0.2, 0) is 4.74 Å². The molecule has 1 aliphatic rings. The van der Waals surface area contributed by atoms with Gasteiger partial charge in [-0.25, -0.2) is 0 Å². The third-order valence-electron chi connectivity index (χ3n) is 2.59. The topological polar surface area (TPSA) is 35.2 Å². The van der Waals surface area contributed by atoms with Gasteiger partial charge in [0, 0.05) is 6.54 Å². The molecule has 14 heavy (non-hydrogen) atoms. The highest BCUT2D eigenvalue weighted by Gasteiger charge is 2.32. The zero-order valence-corrected chi connectivity index (χ0v) is 8.36. The van der Waals surface area contributed by atoms with Gasteiger partial charge in [0.2, 0.25) is 0 Å². The maximum Gasteiger partial charge on any atom is 0.0853 e. The van der Waals surface area contributed by atoms with Crippen LogP contribution in [0.2, 0.25) is 0 Å². The SMILES string of the molecule is NCCO[C@@H](c1ccccc1)C1CC1. The lowest BCUT2D eigenvalue weighted by molar-refractivity contribution is 0.0424. The first-order valence-corrected chi connectivity index (χ1v) is 5.28. The highest BCUT2D eigenvalue weighted by molar-refractivity contribution is 5.19. The zero-order valence-electron chi connectivity index (χ0n) is 8.36. The molecule has 2 heteroatoms. The van der Waals surface area contributed by atoms with Gasteiger partial charge < -0.3 is 10.5 Å². The molecule has 0 spiro atoms. The number of nitrogens with two attached hydrogens (primary N) is 1. The van der Waals surface area contributed by atoms with Crippen LogP contribution in [-0.4, -0.2) is 13.2 Å². The van der Waals surface area contributed by atoms with Crippen molar-refractivity contribution in [1.29, 1.82) is 0 Å². The van der Waals surface area contributed by atoms with E-state index < -0.39 is 0 Å². The van der Waals surface area contributed by atoms with Crippen molar-refractivity contribution in [3.05, 3.63) is 35.9 Å². The Morgan fingerprint density at radius 1 is 1.29 bits per heavy atom. The monoisotopic (exact) mass is 191 g/mol. The molecule has 1 fully saturated rings. The Morgan fingerprint density at radius 2 is 2.00 bits per heavy atom. The van der Waals surface area contributed by atoms with E-state index in [-0.39, 0.29) is 6.10 Å². The summed E-state index contributed by atoms with van der Waals surface area (Å²) in [6.45, 7) is 1.27. The maximum atomic E-state index is 5.78. The van der Waals surface area contributed by atoms with Gasteiger partial charge in [-0.05, 0) is 24.3 Å². The predicted molar refractivity (Wildman–Crippen MR) is 56.9 cm³/mol. The summed E-state index contributed by atoms with van der Waals surface area (Å²) in [6.07, 6.45) is 2.87. The Kier molecular flexibility index (Phi) is 3.17. The second-order valence-electron chi connectivity index (χ2n) is 3.83. The molecule has 0 heterocycles. The molecule has 0 bridgehead atoms. The molecule has 0 amide bonds. The fourth-order valence-corrected chi connectivity index (χ4v) is 1.74. The number of hydrogen-bond acceptors (Lipinski definition) is 2. The fraction of sp³-hybridized carbons (Fsp3) is 0.500. The molecular formula is C12H17NO. The Labute approximate surface area is 85.1 Å². The van der Waals surface area contributed by atoms with Gasteiger partial charge in [0.15, 0.2) is 0 Å². The normalized spacial score (nSPS) is 18.1. The molecule has 1 saturated carbocycles. The van der Waals surface area contributed by atoms with E-state index in [1.807, 2.05) is 6.07 Å². The summed E-state index contributed by atoms with van der Waals surface area (Å²) >= 11 is 0. The molecule has 2 N–H and O–H groups in total. The average Bonchev–Trinajstić information content (AvgIpc) is 3.04. The van der Waals surface area contributed by atoms with Crippen molar-refractivity contribution >= 4 is 0 Å². The van der Waals surface area contributed by atoms with Crippen molar-refractivity contribution < 1.29 is 4.74 Å². The molecule has 0 aromatic heterocycles. The molecule has 1 atom stereocenters. The molecule has 0 radical (unpaired) electrons. The minimum Gasteiger partial charge on any atom is -0.372 e. The van der Waals surface area contributed by atoms with E-state index in [9.17, 15) is 0 Å². The second kappa shape index (κ2) is 4.58. The van der Waals surface area contributed by atoms with E-state index in [0.29, 0.717) is 13.2 Å². The Hall–Kier alpha value is -0.860. The van der Waals surface area contributed by atoms with Gasteiger partial charge in [0.05, 0.1) is 12.7 Å². The van der Waals surface area contributed by atoms with Crippen LogP contribution >= 0.6 is 0 Å². The Morgan fingerprint density at radius 3 is 2.57 bits per heavy atom. The fourth-order valence-electron chi connectivity index (χ4n) is 1.74. The number of rotatable bonds is 5. The van der Waals surface area contributed by atoms with Gasteiger partial charge >= 0.3 is 0 Å². The lowest BCUT2D eigenvalue weighted by atomic mass is 10.1. The summed E-state index contributed by atoms with van der Waals surface area (Å²) < 4.78 is 5.78. The van der Waals surface area contributed by atoms with Crippen molar-refractivity contribution in [2.75, 3.05) is 13.2 Å². The largest absolute Gasteiger partial charge is 0.372 e. The van der Waals surface area contributed by atoms with Gasteiger partial charge in [-0.3, -0.25) is 0 Å². The summed E-state index contributed by atoms with van der Waals surface area (Å²) in [7, 11) is 0. The van der Waals surface area contributed by atoms with Crippen LogP contribution in [0.4, 0.5) is 0 Å². The molecule has 76 valence electrons. The van der Waals surface area contributed by atoms with Gasteiger partial charge in [0.1, 0.15) is 0 Å². The Balaban J connectivity index is 2.02. The van der Waals surface area contributed by atoms with E-state index in [2.05, 4.69) is 24.3 Å². The van der Waals surface area contributed by atoms with Gasteiger partial charge in [-0.1, -0.05) is 30.3 Å². The molecule has 0 unspecified atom stereocenters. The third-order valence-corrected chi connectivity index (χ3v) is 2.59. The van der Waals surface area contributed by atoms with Crippen LogP contribution in [0.3, 0.4) is 0 Å². The van der Waals surface area contributed by atoms with Crippen LogP contribution in [0.1, 0.15) is 24.5 Å². The lowest BCUT2D eigenvalue weighted by Gasteiger charge is -2.17. The summed E-state index contributed by atoms with van der Waals surface area (Å²) in [5.41, 5.74) is 6.75. The van der Waals surface area contributed by atoms with E-state index in [1.54, 1.807) is 0 Å². The maximum absolute atomic E-state index is 5.78. The molecule has 1 aromatic carbocycles. The molecule has 2 rings (SSSR count). The summed E-state index contributed by atoms with van der Waals surface area (Å²) in [5, 5.41) is 0. The van der Waals surface area contributed by atoms with Crippen molar-refractivity contribution in [3.63, 3.8) is 0 Å². The second-order valence-corrected chi connectivity index (χ2v) is 3.83. The molecule has 1 aromatic rings. The van der Waals surface area contributed by atoms with E-state index in [0.717, 1.165) is 5.92 Å². The minimum absolute atomic E-state index is 0.278.